The van der Waals surface area contributed by atoms with Gasteiger partial charge in [0.15, 0.2) is 5.11 Å². The van der Waals surface area contributed by atoms with Gasteiger partial charge in [-0.1, -0.05) is 0 Å². The molecular weight excluding hydrogens is 288 g/mol. The maximum absolute atomic E-state index is 12.3. The highest BCUT2D eigenvalue weighted by Gasteiger charge is 2.70. The predicted octanol–water partition coefficient (Wildman–Crippen LogP) is 1.44. The Morgan fingerprint density at radius 1 is 1.22 bits per heavy atom. The lowest BCUT2D eigenvalue weighted by Crippen LogP contribution is -2.57. The Bertz CT molecular complexity index is 336. The molecular formula is C7H9F6N3OS. The normalized spacial score (nSPS) is 14.6. The third-order valence-corrected chi connectivity index (χ3v) is 1.90. The highest BCUT2D eigenvalue weighted by atomic mass is 32.1. The number of hydrazone groups is 1. The summed E-state index contributed by atoms with van der Waals surface area (Å²) < 4.78 is 73.6. The van der Waals surface area contributed by atoms with E-state index in [1.807, 2.05) is 5.43 Å². The first kappa shape index (κ1) is 16.9. The lowest BCUT2D eigenvalue weighted by atomic mass is 9.95. The summed E-state index contributed by atoms with van der Waals surface area (Å²) in [6.45, 7) is 0.855. The molecule has 0 amide bonds. The fourth-order valence-electron chi connectivity index (χ4n) is 0.921. The number of aliphatic hydroxyl groups is 1. The Kier molecular flexibility index (Phi) is 4.94. The summed E-state index contributed by atoms with van der Waals surface area (Å²) in [4.78, 5) is 0. The van der Waals surface area contributed by atoms with E-state index in [9.17, 15) is 26.3 Å². The number of rotatable bonds is 3. The van der Waals surface area contributed by atoms with Crippen LogP contribution in [0.25, 0.3) is 0 Å². The van der Waals surface area contributed by atoms with Crippen molar-refractivity contribution in [2.75, 3.05) is 0 Å². The van der Waals surface area contributed by atoms with Gasteiger partial charge in [0, 0.05) is 12.1 Å². The van der Waals surface area contributed by atoms with E-state index in [2.05, 4.69) is 17.3 Å². The molecule has 0 aromatic rings. The fraction of sp³-hybridized carbons (Fsp3) is 0.714. The van der Waals surface area contributed by atoms with Gasteiger partial charge in [0.25, 0.3) is 5.60 Å². The number of hydrogen-bond acceptors (Lipinski definition) is 3. The second-order valence-electron chi connectivity index (χ2n) is 3.36. The van der Waals surface area contributed by atoms with Crippen molar-refractivity contribution >= 4 is 23.0 Å². The summed E-state index contributed by atoms with van der Waals surface area (Å²) in [6, 6.07) is 0. The summed E-state index contributed by atoms with van der Waals surface area (Å²) in [6.07, 6.45) is -13.5. The van der Waals surface area contributed by atoms with Gasteiger partial charge in [-0.25, -0.2) is 0 Å². The molecule has 0 bridgehead atoms. The van der Waals surface area contributed by atoms with Crippen LogP contribution in [0.1, 0.15) is 13.3 Å². The summed E-state index contributed by atoms with van der Waals surface area (Å²) >= 11 is 4.25. The van der Waals surface area contributed by atoms with Crippen LogP contribution in [-0.4, -0.2) is 33.9 Å². The molecule has 0 aromatic carbocycles. The van der Waals surface area contributed by atoms with Crippen molar-refractivity contribution < 1.29 is 31.4 Å². The number of nitrogens with zero attached hydrogens (tertiary/aromatic N) is 1. The second-order valence-corrected chi connectivity index (χ2v) is 3.80. The smallest absolute Gasteiger partial charge is 0.375 e. The number of nitrogens with one attached hydrogen (secondary N) is 1. The van der Waals surface area contributed by atoms with Gasteiger partial charge in [-0.3, -0.25) is 5.43 Å². The minimum absolute atomic E-state index is 0.433. The molecule has 0 heterocycles. The van der Waals surface area contributed by atoms with Gasteiger partial charge in [-0.05, 0) is 19.1 Å². The van der Waals surface area contributed by atoms with Crippen molar-refractivity contribution in [3.63, 3.8) is 0 Å². The third-order valence-electron chi connectivity index (χ3n) is 1.81. The minimum atomic E-state index is -5.88. The van der Waals surface area contributed by atoms with Crippen LogP contribution in [0.4, 0.5) is 26.3 Å². The van der Waals surface area contributed by atoms with Crippen molar-refractivity contribution in [3.8, 4) is 0 Å². The van der Waals surface area contributed by atoms with Crippen molar-refractivity contribution in [1.29, 1.82) is 0 Å². The number of thiocarbonyl (C=S) groups is 1. The summed E-state index contributed by atoms with van der Waals surface area (Å²) in [7, 11) is 0. The average Bonchev–Trinajstić information content (AvgIpc) is 2.10. The van der Waals surface area contributed by atoms with E-state index in [0.29, 0.717) is 0 Å². The molecule has 0 atom stereocenters. The zero-order chi connectivity index (χ0) is 14.8. The Balaban J connectivity index is 5.18. The van der Waals surface area contributed by atoms with Crippen molar-refractivity contribution in [3.05, 3.63) is 0 Å². The Labute approximate surface area is 103 Å². The summed E-state index contributed by atoms with van der Waals surface area (Å²) in [5.41, 5.74) is 1.17. The first-order valence-corrected chi connectivity index (χ1v) is 4.66. The molecule has 4 nitrogen and oxygen atoms in total. The first-order valence-electron chi connectivity index (χ1n) is 4.25. The van der Waals surface area contributed by atoms with E-state index in [4.69, 9.17) is 10.8 Å². The molecule has 0 aliphatic rings. The molecule has 11 heteroatoms. The topological polar surface area (TPSA) is 70.6 Å². The van der Waals surface area contributed by atoms with Crippen molar-refractivity contribution in [2.45, 2.75) is 31.3 Å². The van der Waals surface area contributed by atoms with Gasteiger partial charge in [0.05, 0.1) is 0 Å². The van der Waals surface area contributed by atoms with Crippen LogP contribution < -0.4 is 11.2 Å². The minimum Gasteiger partial charge on any atom is -0.375 e. The standard InChI is InChI=1S/C7H9F6N3OS/c1-3(15-16-4(14)18)2-5(17,6(8,9)10)7(11,12)13/h17H,2H2,1H3,(H3,14,16,18)/b15-3-. The van der Waals surface area contributed by atoms with Gasteiger partial charge in [-0.15, -0.1) is 0 Å². The molecule has 0 radical (unpaired) electrons. The molecule has 0 unspecified atom stereocenters. The van der Waals surface area contributed by atoms with Gasteiger partial charge < -0.3 is 10.8 Å². The third kappa shape index (κ3) is 3.98. The van der Waals surface area contributed by atoms with Gasteiger partial charge in [0.1, 0.15) is 0 Å². The van der Waals surface area contributed by atoms with E-state index in [1.165, 1.54) is 0 Å². The Morgan fingerprint density at radius 2 is 1.61 bits per heavy atom. The van der Waals surface area contributed by atoms with Crippen molar-refractivity contribution in [2.24, 2.45) is 10.8 Å². The van der Waals surface area contributed by atoms with Crippen LogP contribution in [0.3, 0.4) is 0 Å². The first-order chi connectivity index (χ1) is 7.81. The van der Waals surface area contributed by atoms with Crippen LogP contribution >= 0.6 is 12.2 Å². The van der Waals surface area contributed by atoms with E-state index in [1.54, 1.807) is 0 Å². The van der Waals surface area contributed by atoms with Crippen LogP contribution in [0.2, 0.25) is 0 Å². The molecule has 4 N–H and O–H groups in total. The second kappa shape index (κ2) is 5.26. The monoisotopic (exact) mass is 297 g/mol. The van der Waals surface area contributed by atoms with Crippen LogP contribution in [0.15, 0.2) is 5.10 Å². The Morgan fingerprint density at radius 3 is 1.89 bits per heavy atom. The number of alkyl halides is 6. The molecule has 0 rings (SSSR count). The quantitative estimate of drug-likeness (QED) is 0.319. The molecule has 0 fully saturated rings. The number of hydrogen-bond donors (Lipinski definition) is 3. The van der Waals surface area contributed by atoms with Gasteiger partial charge in [0.2, 0.25) is 0 Å². The van der Waals surface area contributed by atoms with E-state index in [-0.39, 0.29) is 0 Å². The van der Waals surface area contributed by atoms with Crippen LogP contribution in [-0.2, 0) is 0 Å². The number of nitrogens with two attached hydrogens (primary N) is 1. The SMILES string of the molecule is C/C(CC(O)(C(F)(F)F)C(F)(F)F)=N/NC(N)=S. The number of halogens is 6. The molecule has 0 aromatic heterocycles. The summed E-state index contributed by atoms with van der Waals surface area (Å²) in [5.74, 6) is 0. The zero-order valence-corrected chi connectivity index (χ0v) is 9.67. The van der Waals surface area contributed by atoms with E-state index >= 15 is 0 Å². The van der Waals surface area contributed by atoms with Gasteiger partial charge >= 0.3 is 12.4 Å². The fourth-order valence-corrected chi connectivity index (χ4v) is 0.967. The van der Waals surface area contributed by atoms with Crippen LogP contribution in [0, 0.1) is 0 Å². The molecule has 0 saturated heterocycles. The lowest BCUT2D eigenvalue weighted by Gasteiger charge is -2.32. The average molecular weight is 297 g/mol. The molecule has 0 saturated carbocycles. The molecule has 0 aliphatic carbocycles. The molecule has 18 heavy (non-hydrogen) atoms. The van der Waals surface area contributed by atoms with E-state index < -0.39 is 35.2 Å². The zero-order valence-electron chi connectivity index (χ0n) is 8.85. The maximum Gasteiger partial charge on any atom is 0.426 e. The van der Waals surface area contributed by atoms with E-state index in [0.717, 1.165) is 6.92 Å². The van der Waals surface area contributed by atoms with Crippen molar-refractivity contribution in [1.82, 2.24) is 5.43 Å². The Hall–Kier alpha value is -1.10. The summed E-state index contributed by atoms with van der Waals surface area (Å²) in [5, 5.41) is 11.4. The highest BCUT2D eigenvalue weighted by molar-refractivity contribution is 7.80. The predicted molar refractivity (Wildman–Crippen MR) is 54.7 cm³/mol. The lowest BCUT2D eigenvalue weighted by molar-refractivity contribution is -0.365. The molecule has 0 aliphatic heterocycles. The largest absolute Gasteiger partial charge is 0.426 e. The van der Waals surface area contributed by atoms with Crippen LogP contribution in [0.5, 0.6) is 0 Å². The molecule has 106 valence electrons. The van der Waals surface area contributed by atoms with Gasteiger partial charge in [-0.2, -0.15) is 31.4 Å². The molecule has 0 spiro atoms. The highest BCUT2D eigenvalue weighted by Crippen LogP contribution is 2.45. The maximum atomic E-state index is 12.3.